The fraction of sp³-hybridized carbons (Fsp3) is 0.950. The molecule has 6 heteroatoms. The van der Waals surface area contributed by atoms with Crippen LogP contribution in [0, 0.1) is 5.92 Å². The smallest absolute Gasteiger partial charge is 0.306 e. The summed E-state index contributed by atoms with van der Waals surface area (Å²) in [5.74, 6) is 0.00484. The van der Waals surface area contributed by atoms with Crippen molar-refractivity contribution in [2.24, 2.45) is 5.92 Å². The van der Waals surface area contributed by atoms with Gasteiger partial charge >= 0.3 is 17.9 Å². The second-order valence-electron chi connectivity index (χ2n) is 21.1. The first-order valence-electron chi connectivity index (χ1n) is 29.9. The highest BCUT2D eigenvalue weighted by molar-refractivity contribution is 5.71. The lowest BCUT2D eigenvalue weighted by molar-refractivity contribution is -0.167. The molecule has 0 aromatic heterocycles. The number of carbonyl (C=O) groups is 3. The standard InChI is InChI=1S/C60H116O6/c1-5-7-9-11-13-15-17-19-20-21-22-23-24-28-32-36-40-44-48-52-59(62)65-55-57(54-64-58(61)51-47-43-39-35-31-26-18-16-14-12-10-8-6-2)66-60(63)53-49-45-41-37-33-29-25-27-30-34-38-42-46-50-56(3)4/h56-57H,5-55H2,1-4H3/t57-/m0/s1. The van der Waals surface area contributed by atoms with Crippen molar-refractivity contribution in [2.75, 3.05) is 13.2 Å². The summed E-state index contributed by atoms with van der Waals surface area (Å²) in [6, 6.07) is 0. The number of hydrogen-bond acceptors (Lipinski definition) is 6. The molecule has 0 unspecified atom stereocenters. The first-order chi connectivity index (χ1) is 32.4. The third kappa shape index (κ3) is 53.4. The maximum atomic E-state index is 12.9. The maximum absolute atomic E-state index is 12.9. The number of esters is 3. The highest BCUT2D eigenvalue weighted by atomic mass is 16.6. The number of unbranched alkanes of at least 4 members (excludes halogenated alkanes) is 42. The minimum Gasteiger partial charge on any atom is -0.462 e. The molecule has 0 rings (SSSR count). The Labute approximate surface area is 412 Å². The van der Waals surface area contributed by atoms with E-state index in [1.54, 1.807) is 0 Å². The van der Waals surface area contributed by atoms with Crippen LogP contribution in [-0.4, -0.2) is 37.2 Å². The second-order valence-corrected chi connectivity index (χ2v) is 21.1. The van der Waals surface area contributed by atoms with E-state index in [9.17, 15) is 14.4 Å². The van der Waals surface area contributed by atoms with Crippen molar-refractivity contribution < 1.29 is 28.6 Å². The van der Waals surface area contributed by atoms with Crippen LogP contribution in [0.25, 0.3) is 0 Å². The van der Waals surface area contributed by atoms with Crippen LogP contribution >= 0.6 is 0 Å². The van der Waals surface area contributed by atoms with E-state index in [0.717, 1.165) is 63.7 Å². The fourth-order valence-electron chi connectivity index (χ4n) is 9.28. The Morgan fingerprint density at radius 1 is 0.288 bits per heavy atom. The van der Waals surface area contributed by atoms with Crippen molar-refractivity contribution in [2.45, 2.75) is 348 Å². The SMILES string of the molecule is CCCCCCCCCCCCCCCCCCCCCC(=O)OC[C@H](COC(=O)CCCCCCCCCCCCCCC)OC(=O)CCCCCCCCCCCCCCCC(C)C. The van der Waals surface area contributed by atoms with Gasteiger partial charge in [0.05, 0.1) is 0 Å². The molecule has 0 saturated heterocycles. The molecule has 0 spiro atoms. The van der Waals surface area contributed by atoms with Gasteiger partial charge in [0.25, 0.3) is 0 Å². The minimum absolute atomic E-state index is 0.0617. The normalized spacial score (nSPS) is 12.0. The molecule has 0 aromatic carbocycles. The van der Waals surface area contributed by atoms with E-state index in [1.165, 1.54) is 238 Å². The van der Waals surface area contributed by atoms with Crippen molar-refractivity contribution in [1.29, 1.82) is 0 Å². The van der Waals surface area contributed by atoms with Gasteiger partial charge in [0.1, 0.15) is 13.2 Å². The highest BCUT2D eigenvalue weighted by Gasteiger charge is 2.19. The van der Waals surface area contributed by atoms with Crippen LogP contribution in [0.3, 0.4) is 0 Å². The van der Waals surface area contributed by atoms with Gasteiger partial charge in [0.2, 0.25) is 0 Å². The lowest BCUT2D eigenvalue weighted by Gasteiger charge is -2.18. The van der Waals surface area contributed by atoms with E-state index >= 15 is 0 Å². The lowest BCUT2D eigenvalue weighted by Crippen LogP contribution is -2.30. The van der Waals surface area contributed by atoms with E-state index in [-0.39, 0.29) is 31.1 Å². The Morgan fingerprint density at radius 3 is 0.742 bits per heavy atom. The molecule has 6 nitrogen and oxygen atoms in total. The zero-order valence-electron chi connectivity index (χ0n) is 45.2. The molecule has 1 atom stereocenters. The van der Waals surface area contributed by atoms with Crippen LogP contribution < -0.4 is 0 Å². The highest BCUT2D eigenvalue weighted by Crippen LogP contribution is 2.18. The molecule has 0 radical (unpaired) electrons. The first-order valence-corrected chi connectivity index (χ1v) is 29.9. The molecule has 66 heavy (non-hydrogen) atoms. The summed E-state index contributed by atoms with van der Waals surface area (Å²) in [7, 11) is 0. The molecule has 0 fully saturated rings. The van der Waals surface area contributed by atoms with E-state index in [0.29, 0.717) is 19.3 Å². The van der Waals surface area contributed by atoms with Gasteiger partial charge in [-0.05, 0) is 25.2 Å². The van der Waals surface area contributed by atoms with E-state index in [4.69, 9.17) is 14.2 Å². The maximum Gasteiger partial charge on any atom is 0.306 e. The number of hydrogen-bond donors (Lipinski definition) is 0. The van der Waals surface area contributed by atoms with Crippen molar-refractivity contribution in [3.05, 3.63) is 0 Å². The van der Waals surface area contributed by atoms with Gasteiger partial charge in [-0.3, -0.25) is 14.4 Å². The lowest BCUT2D eigenvalue weighted by atomic mass is 10.0. The average Bonchev–Trinajstić information content (AvgIpc) is 3.30. The molecule has 0 aliphatic heterocycles. The zero-order chi connectivity index (χ0) is 48.1. The van der Waals surface area contributed by atoms with Crippen LogP contribution in [-0.2, 0) is 28.6 Å². The van der Waals surface area contributed by atoms with E-state index in [1.807, 2.05) is 0 Å². The number of rotatable bonds is 55. The molecular weight excluding hydrogens is 817 g/mol. The molecule has 0 N–H and O–H groups in total. The van der Waals surface area contributed by atoms with Crippen LogP contribution in [0.2, 0.25) is 0 Å². The van der Waals surface area contributed by atoms with E-state index < -0.39 is 6.10 Å². The Hall–Kier alpha value is -1.59. The Morgan fingerprint density at radius 2 is 0.500 bits per heavy atom. The summed E-state index contributed by atoms with van der Waals surface area (Å²) in [6.45, 7) is 9.07. The topological polar surface area (TPSA) is 78.9 Å². The zero-order valence-corrected chi connectivity index (χ0v) is 45.2. The van der Waals surface area contributed by atoms with E-state index in [2.05, 4.69) is 27.7 Å². The predicted molar refractivity (Wildman–Crippen MR) is 284 cm³/mol. The van der Waals surface area contributed by atoms with Crippen molar-refractivity contribution in [3.63, 3.8) is 0 Å². The predicted octanol–water partition coefficient (Wildman–Crippen LogP) is 19.8. The Balaban J connectivity index is 4.27. The molecule has 0 amide bonds. The molecular formula is C60H116O6. The molecule has 0 saturated carbocycles. The molecule has 0 aliphatic carbocycles. The summed E-state index contributed by atoms with van der Waals surface area (Å²) in [5.41, 5.74) is 0. The summed E-state index contributed by atoms with van der Waals surface area (Å²) >= 11 is 0. The monoisotopic (exact) mass is 933 g/mol. The number of carbonyl (C=O) groups excluding carboxylic acids is 3. The van der Waals surface area contributed by atoms with Gasteiger partial charge in [-0.15, -0.1) is 0 Å². The van der Waals surface area contributed by atoms with Gasteiger partial charge in [0, 0.05) is 19.3 Å². The quantitative estimate of drug-likeness (QED) is 0.0343. The number of ether oxygens (including phenoxy) is 3. The second kappa shape index (κ2) is 54.4. The minimum atomic E-state index is -0.762. The van der Waals surface area contributed by atoms with Crippen LogP contribution in [0.4, 0.5) is 0 Å². The van der Waals surface area contributed by atoms with Gasteiger partial charge in [0.15, 0.2) is 6.10 Å². The molecule has 0 aromatic rings. The molecule has 0 aliphatic rings. The first kappa shape index (κ1) is 64.4. The van der Waals surface area contributed by atoms with Gasteiger partial charge in [-0.1, -0.05) is 304 Å². The third-order valence-electron chi connectivity index (χ3n) is 13.8. The molecule has 0 bridgehead atoms. The van der Waals surface area contributed by atoms with Crippen LogP contribution in [0.5, 0.6) is 0 Å². The van der Waals surface area contributed by atoms with Crippen LogP contribution in [0.15, 0.2) is 0 Å². The van der Waals surface area contributed by atoms with Gasteiger partial charge < -0.3 is 14.2 Å². The van der Waals surface area contributed by atoms with Crippen LogP contribution in [0.1, 0.15) is 342 Å². The summed E-state index contributed by atoms with van der Waals surface area (Å²) in [6.07, 6.45) is 59.5. The van der Waals surface area contributed by atoms with Gasteiger partial charge in [-0.2, -0.15) is 0 Å². The van der Waals surface area contributed by atoms with Gasteiger partial charge in [-0.25, -0.2) is 0 Å². The summed E-state index contributed by atoms with van der Waals surface area (Å²) in [5, 5.41) is 0. The molecule has 0 heterocycles. The van der Waals surface area contributed by atoms with Crippen molar-refractivity contribution >= 4 is 17.9 Å². The average molecular weight is 934 g/mol. The van der Waals surface area contributed by atoms with Crippen molar-refractivity contribution in [1.82, 2.24) is 0 Å². The summed E-state index contributed by atoms with van der Waals surface area (Å²) < 4.78 is 16.9. The van der Waals surface area contributed by atoms with Crippen molar-refractivity contribution in [3.8, 4) is 0 Å². The third-order valence-corrected chi connectivity index (χ3v) is 13.8. The summed E-state index contributed by atoms with van der Waals surface area (Å²) in [4.78, 5) is 38.2. The fourth-order valence-corrected chi connectivity index (χ4v) is 9.28. The Kier molecular flexibility index (Phi) is 53.0. The largest absolute Gasteiger partial charge is 0.462 e. The molecule has 392 valence electrons. The Bertz CT molecular complexity index is 996.